The zero-order valence-electron chi connectivity index (χ0n) is 11.2. The zero-order valence-corrected chi connectivity index (χ0v) is 11.2. The van der Waals surface area contributed by atoms with Crippen LogP contribution in [0.15, 0.2) is 42.9 Å². The predicted octanol–water partition coefficient (Wildman–Crippen LogP) is 0.382. The topological polar surface area (TPSA) is 118 Å². The minimum absolute atomic E-state index is 0.181. The molecule has 0 bridgehead atoms. The molecule has 2 aromatic rings. The number of imidazole rings is 1. The van der Waals surface area contributed by atoms with Gasteiger partial charge >= 0.3 is 5.97 Å². The van der Waals surface area contributed by atoms with Crippen LogP contribution in [0, 0.1) is 0 Å². The van der Waals surface area contributed by atoms with E-state index in [0.29, 0.717) is 11.4 Å². The Kier molecular flexibility index (Phi) is 4.34. The Morgan fingerprint density at radius 2 is 2.05 bits per heavy atom. The number of ether oxygens (including phenoxy) is 1. The molecule has 0 aliphatic heterocycles. The third kappa shape index (κ3) is 3.46. The molecule has 0 aliphatic rings. The Bertz CT molecular complexity index is 612. The van der Waals surface area contributed by atoms with E-state index >= 15 is 0 Å². The number of aliphatic carboxylic acids is 1. The van der Waals surface area contributed by atoms with Crippen LogP contribution in [0.3, 0.4) is 0 Å². The van der Waals surface area contributed by atoms with Crippen LogP contribution in [0.2, 0.25) is 0 Å². The third-order valence-corrected chi connectivity index (χ3v) is 3.02. The molecule has 0 saturated carbocycles. The summed E-state index contributed by atoms with van der Waals surface area (Å²) in [6.07, 6.45) is 2.64. The van der Waals surface area contributed by atoms with Gasteiger partial charge in [-0.1, -0.05) is 18.2 Å². The highest BCUT2D eigenvalue weighted by Gasteiger charge is 2.42. The van der Waals surface area contributed by atoms with Crippen molar-refractivity contribution in [3.8, 4) is 5.75 Å². The number of benzene rings is 1. The number of rotatable bonds is 7. The van der Waals surface area contributed by atoms with Crippen molar-refractivity contribution in [2.75, 3.05) is 6.61 Å². The number of H-pyrrole nitrogens is 1. The second-order valence-corrected chi connectivity index (χ2v) is 4.56. The van der Waals surface area contributed by atoms with Gasteiger partial charge in [0.05, 0.1) is 6.33 Å². The highest BCUT2D eigenvalue weighted by molar-refractivity contribution is 6.08. The van der Waals surface area contributed by atoms with Gasteiger partial charge < -0.3 is 20.6 Å². The molecule has 7 nitrogen and oxygen atoms in total. The van der Waals surface area contributed by atoms with Crippen molar-refractivity contribution < 1.29 is 19.4 Å². The summed E-state index contributed by atoms with van der Waals surface area (Å²) in [6, 6.07) is 8.63. The van der Waals surface area contributed by atoms with Crippen LogP contribution < -0.4 is 10.5 Å². The molecule has 1 unspecified atom stereocenters. The first kappa shape index (κ1) is 14.7. The average molecular weight is 289 g/mol. The molecule has 7 heteroatoms. The predicted molar refractivity (Wildman–Crippen MR) is 73.8 cm³/mol. The van der Waals surface area contributed by atoms with Crippen LogP contribution in [-0.2, 0) is 16.0 Å². The highest BCUT2D eigenvalue weighted by atomic mass is 16.5. The molecule has 4 N–H and O–H groups in total. The molecule has 2 rings (SSSR count). The van der Waals surface area contributed by atoms with Crippen molar-refractivity contribution in [2.24, 2.45) is 5.73 Å². The summed E-state index contributed by atoms with van der Waals surface area (Å²) in [5, 5.41) is 9.26. The minimum atomic E-state index is -2.05. The number of carbonyl (C=O) groups is 2. The van der Waals surface area contributed by atoms with E-state index in [2.05, 4.69) is 9.97 Å². The van der Waals surface area contributed by atoms with Crippen LogP contribution in [0.1, 0.15) is 5.69 Å². The fourth-order valence-electron chi connectivity index (χ4n) is 1.77. The van der Waals surface area contributed by atoms with Gasteiger partial charge in [-0.2, -0.15) is 0 Å². The second-order valence-electron chi connectivity index (χ2n) is 4.56. The van der Waals surface area contributed by atoms with E-state index in [9.17, 15) is 14.7 Å². The van der Waals surface area contributed by atoms with Gasteiger partial charge in [0.25, 0.3) is 0 Å². The standard InChI is InChI=1S/C14H15N3O4/c15-14(13(19)20,6-10-7-16-9-17-10)12(18)8-21-11-4-2-1-3-5-11/h1-5,7,9H,6,8,15H2,(H,16,17)(H,19,20). The van der Waals surface area contributed by atoms with Gasteiger partial charge in [-0.3, -0.25) is 4.79 Å². The van der Waals surface area contributed by atoms with Gasteiger partial charge in [0, 0.05) is 18.3 Å². The Morgan fingerprint density at radius 3 is 2.62 bits per heavy atom. The van der Waals surface area contributed by atoms with Crippen LogP contribution in [-0.4, -0.2) is 39.0 Å². The monoisotopic (exact) mass is 289 g/mol. The summed E-state index contributed by atoms with van der Waals surface area (Å²) in [5.41, 5.74) is 4.17. The quantitative estimate of drug-likeness (QED) is 0.634. The Balaban J connectivity index is 2.07. The lowest BCUT2D eigenvalue weighted by Gasteiger charge is -2.22. The van der Waals surface area contributed by atoms with E-state index in [-0.39, 0.29) is 6.42 Å². The largest absolute Gasteiger partial charge is 0.486 e. The molecule has 21 heavy (non-hydrogen) atoms. The molecule has 1 aromatic carbocycles. The fraction of sp³-hybridized carbons (Fsp3) is 0.214. The number of carboxylic acids is 1. The van der Waals surface area contributed by atoms with Gasteiger partial charge in [-0.25, -0.2) is 9.78 Å². The number of para-hydroxylation sites is 1. The first-order chi connectivity index (χ1) is 10.0. The van der Waals surface area contributed by atoms with Crippen LogP contribution in [0.25, 0.3) is 0 Å². The summed E-state index contributed by atoms with van der Waals surface area (Å²) in [4.78, 5) is 30.0. The molecule has 0 saturated heterocycles. The van der Waals surface area contributed by atoms with Crippen molar-refractivity contribution >= 4 is 11.8 Å². The maximum Gasteiger partial charge on any atom is 0.332 e. The number of aromatic nitrogens is 2. The molecule has 1 aromatic heterocycles. The van der Waals surface area contributed by atoms with Gasteiger partial charge in [0.1, 0.15) is 12.4 Å². The number of aromatic amines is 1. The van der Waals surface area contributed by atoms with Crippen LogP contribution in [0.5, 0.6) is 5.75 Å². The van der Waals surface area contributed by atoms with E-state index in [0.717, 1.165) is 0 Å². The number of nitrogens with one attached hydrogen (secondary N) is 1. The number of hydrogen-bond acceptors (Lipinski definition) is 5. The van der Waals surface area contributed by atoms with Crippen molar-refractivity contribution in [2.45, 2.75) is 12.0 Å². The van der Waals surface area contributed by atoms with E-state index in [1.54, 1.807) is 30.3 Å². The number of Topliss-reactive ketones (excluding diaryl/α,β-unsaturated/α-hetero) is 1. The van der Waals surface area contributed by atoms with Gasteiger partial charge in [-0.15, -0.1) is 0 Å². The Hall–Kier alpha value is -2.67. The smallest absolute Gasteiger partial charge is 0.332 e. The van der Waals surface area contributed by atoms with Gasteiger partial charge in [0.2, 0.25) is 5.78 Å². The van der Waals surface area contributed by atoms with E-state index < -0.39 is 23.9 Å². The number of ketones is 1. The molecule has 1 heterocycles. The van der Waals surface area contributed by atoms with Crippen molar-refractivity contribution in [1.29, 1.82) is 0 Å². The molecule has 0 radical (unpaired) electrons. The molecule has 1 atom stereocenters. The summed E-state index contributed by atoms with van der Waals surface area (Å²) in [7, 11) is 0. The molecular weight excluding hydrogens is 274 g/mol. The number of hydrogen-bond donors (Lipinski definition) is 3. The molecule has 0 spiro atoms. The highest BCUT2D eigenvalue weighted by Crippen LogP contribution is 2.14. The summed E-state index contributed by atoms with van der Waals surface area (Å²) < 4.78 is 5.26. The lowest BCUT2D eigenvalue weighted by Crippen LogP contribution is -2.58. The Morgan fingerprint density at radius 1 is 1.33 bits per heavy atom. The molecular formula is C14H15N3O4. The summed E-state index contributed by atoms with van der Waals surface area (Å²) in [6.45, 7) is -0.416. The molecule has 0 amide bonds. The summed E-state index contributed by atoms with van der Waals surface area (Å²) in [5.74, 6) is -1.65. The number of carboxylic acid groups (broad SMARTS) is 1. The normalized spacial score (nSPS) is 13.4. The number of nitrogens with zero attached hydrogens (tertiary/aromatic N) is 1. The average Bonchev–Trinajstić information content (AvgIpc) is 2.98. The third-order valence-electron chi connectivity index (χ3n) is 3.02. The van der Waals surface area contributed by atoms with Crippen LogP contribution in [0.4, 0.5) is 0 Å². The first-order valence-electron chi connectivity index (χ1n) is 6.23. The SMILES string of the molecule is NC(Cc1cnc[nH]1)(C(=O)O)C(=O)COc1ccccc1. The maximum atomic E-state index is 12.1. The van der Waals surface area contributed by atoms with E-state index in [4.69, 9.17) is 10.5 Å². The molecule has 110 valence electrons. The van der Waals surface area contributed by atoms with E-state index in [1.807, 2.05) is 0 Å². The fourth-order valence-corrected chi connectivity index (χ4v) is 1.77. The number of nitrogens with two attached hydrogens (primary N) is 1. The Labute approximate surface area is 120 Å². The minimum Gasteiger partial charge on any atom is -0.486 e. The molecule has 0 aliphatic carbocycles. The summed E-state index contributed by atoms with van der Waals surface area (Å²) >= 11 is 0. The van der Waals surface area contributed by atoms with Crippen molar-refractivity contribution in [1.82, 2.24) is 9.97 Å². The first-order valence-corrected chi connectivity index (χ1v) is 6.23. The lowest BCUT2D eigenvalue weighted by atomic mass is 9.90. The van der Waals surface area contributed by atoms with Gasteiger partial charge in [0.15, 0.2) is 5.54 Å². The number of carbonyl (C=O) groups excluding carboxylic acids is 1. The van der Waals surface area contributed by atoms with E-state index in [1.165, 1.54) is 12.5 Å². The zero-order chi connectivity index (χ0) is 15.3. The maximum absolute atomic E-state index is 12.1. The van der Waals surface area contributed by atoms with Gasteiger partial charge in [-0.05, 0) is 12.1 Å². The van der Waals surface area contributed by atoms with Crippen LogP contribution >= 0.6 is 0 Å². The van der Waals surface area contributed by atoms with Crippen molar-refractivity contribution in [3.05, 3.63) is 48.5 Å². The van der Waals surface area contributed by atoms with Crippen molar-refractivity contribution in [3.63, 3.8) is 0 Å². The molecule has 0 fully saturated rings. The second kappa shape index (κ2) is 6.19. The lowest BCUT2D eigenvalue weighted by molar-refractivity contribution is -0.149.